The van der Waals surface area contributed by atoms with E-state index in [2.05, 4.69) is 5.32 Å². The summed E-state index contributed by atoms with van der Waals surface area (Å²) in [6.07, 6.45) is 0.960. The van der Waals surface area contributed by atoms with Crippen molar-refractivity contribution in [3.8, 4) is 0 Å². The van der Waals surface area contributed by atoms with Gasteiger partial charge in [0.2, 0.25) is 0 Å². The number of nitro benzene ring substituents is 1. The third kappa shape index (κ3) is 3.46. The predicted octanol–water partition coefficient (Wildman–Crippen LogP) is 1.22. The van der Waals surface area contributed by atoms with Crippen LogP contribution in [0.3, 0.4) is 0 Å². The summed E-state index contributed by atoms with van der Waals surface area (Å²) in [5.74, 6) is -3.20. The van der Waals surface area contributed by atoms with Crippen molar-refractivity contribution in [2.24, 2.45) is 0 Å². The van der Waals surface area contributed by atoms with Crippen LogP contribution < -0.4 is 5.32 Å². The molecule has 0 amide bonds. The number of nitrogens with one attached hydrogen (secondary N) is 1. The second-order valence-corrected chi connectivity index (χ2v) is 5.11. The van der Waals surface area contributed by atoms with Gasteiger partial charge < -0.3 is 19.9 Å². The zero-order valence-electron chi connectivity index (χ0n) is 12.4. The van der Waals surface area contributed by atoms with Crippen LogP contribution in [0.5, 0.6) is 0 Å². The molecule has 23 heavy (non-hydrogen) atoms. The standard InChI is InChI=1S/C14H14N2O7/c1-14(2)22-12(18)9(13(19)23-14)6-15-11-8(7-17)4-3-5-10(11)16(20)21/h3-6,15,17H,7H2,1-2H3. The first-order chi connectivity index (χ1) is 10.7. The fourth-order valence-corrected chi connectivity index (χ4v) is 1.96. The van der Waals surface area contributed by atoms with Crippen molar-refractivity contribution >= 4 is 23.3 Å². The van der Waals surface area contributed by atoms with E-state index in [1.807, 2.05) is 0 Å². The molecule has 1 heterocycles. The average Bonchev–Trinajstić information content (AvgIpc) is 2.44. The summed E-state index contributed by atoms with van der Waals surface area (Å²) >= 11 is 0. The highest BCUT2D eigenvalue weighted by atomic mass is 16.7. The highest BCUT2D eigenvalue weighted by Crippen LogP contribution is 2.29. The number of carbonyl (C=O) groups is 2. The monoisotopic (exact) mass is 322 g/mol. The molecule has 0 unspecified atom stereocenters. The quantitative estimate of drug-likeness (QED) is 0.278. The number of aliphatic hydroxyl groups is 1. The molecule has 1 saturated heterocycles. The van der Waals surface area contributed by atoms with Gasteiger partial charge in [-0.05, 0) is 0 Å². The van der Waals surface area contributed by atoms with Crippen LogP contribution in [0, 0.1) is 10.1 Å². The minimum absolute atomic E-state index is 0.0297. The van der Waals surface area contributed by atoms with Gasteiger partial charge in [-0.15, -0.1) is 0 Å². The first-order valence-electron chi connectivity index (χ1n) is 6.55. The van der Waals surface area contributed by atoms with Gasteiger partial charge in [0.25, 0.3) is 11.5 Å². The summed E-state index contributed by atoms with van der Waals surface area (Å²) < 4.78 is 9.81. The summed E-state index contributed by atoms with van der Waals surface area (Å²) in [5.41, 5.74) is -0.551. The molecule has 0 spiro atoms. The number of para-hydroxylation sites is 1. The number of hydrogen-bond donors (Lipinski definition) is 2. The number of benzene rings is 1. The molecule has 1 aromatic rings. The smallest absolute Gasteiger partial charge is 0.350 e. The summed E-state index contributed by atoms with van der Waals surface area (Å²) in [6, 6.07) is 4.10. The normalized spacial score (nSPS) is 16.4. The Morgan fingerprint density at radius 1 is 1.30 bits per heavy atom. The number of rotatable bonds is 4. The molecule has 122 valence electrons. The molecule has 9 nitrogen and oxygen atoms in total. The predicted molar refractivity (Wildman–Crippen MR) is 77.0 cm³/mol. The Labute approximate surface area is 130 Å². The van der Waals surface area contributed by atoms with Crippen molar-refractivity contribution in [1.29, 1.82) is 0 Å². The topological polar surface area (TPSA) is 128 Å². The molecule has 0 aliphatic carbocycles. The fraction of sp³-hybridized carbons (Fsp3) is 0.286. The molecule has 2 rings (SSSR count). The van der Waals surface area contributed by atoms with E-state index in [0.29, 0.717) is 0 Å². The molecule has 1 aliphatic rings. The Hall–Kier alpha value is -2.94. The Kier molecular flexibility index (Phi) is 4.32. The number of nitrogens with zero attached hydrogens (tertiary/aromatic N) is 1. The van der Waals surface area contributed by atoms with E-state index in [0.717, 1.165) is 6.20 Å². The number of esters is 2. The summed E-state index contributed by atoms with van der Waals surface area (Å²) in [5, 5.41) is 22.8. The number of carbonyl (C=O) groups excluding carboxylic acids is 2. The summed E-state index contributed by atoms with van der Waals surface area (Å²) in [4.78, 5) is 34.0. The van der Waals surface area contributed by atoms with Crippen molar-refractivity contribution in [2.45, 2.75) is 26.2 Å². The lowest BCUT2D eigenvalue weighted by Crippen LogP contribution is -2.42. The van der Waals surface area contributed by atoms with Crippen LogP contribution in [0.15, 0.2) is 30.0 Å². The molecule has 0 radical (unpaired) electrons. The van der Waals surface area contributed by atoms with Crippen LogP contribution in [0.25, 0.3) is 0 Å². The van der Waals surface area contributed by atoms with E-state index < -0.39 is 34.8 Å². The number of nitro groups is 1. The lowest BCUT2D eigenvalue weighted by atomic mass is 10.1. The molecule has 1 fully saturated rings. The second kappa shape index (κ2) is 6.05. The molecule has 0 bridgehead atoms. The number of ether oxygens (including phenoxy) is 2. The van der Waals surface area contributed by atoms with E-state index in [9.17, 15) is 24.8 Å². The zero-order chi connectivity index (χ0) is 17.2. The average molecular weight is 322 g/mol. The minimum atomic E-state index is -1.37. The van der Waals surface area contributed by atoms with E-state index >= 15 is 0 Å². The molecule has 0 atom stereocenters. The van der Waals surface area contributed by atoms with Gasteiger partial charge >= 0.3 is 11.9 Å². The number of cyclic esters (lactones) is 2. The van der Waals surface area contributed by atoms with E-state index in [1.165, 1.54) is 32.0 Å². The molecular weight excluding hydrogens is 308 g/mol. The van der Waals surface area contributed by atoms with Gasteiger partial charge in [-0.2, -0.15) is 0 Å². The van der Waals surface area contributed by atoms with Gasteiger partial charge in [-0.3, -0.25) is 10.1 Å². The second-order valence-electron chi connectivity index (χ2n) is 5.11. The highest BCUT2D eigenvalue weighted by molar-refractivity contribution is 6.15. The van der Waals surface area contributed by atoms with Crippen LogP contribution in [-0.4, -0.2) is 27.8 Å². The third-order valence-electron chi connectivity index (χ3n) is 2.97. The van der Waals surface area contributed by atoms with E-state index in [1.54, 1.807) is 0 Å². The van der Waals surface area contributed by atoms with Crippen molar-refractivity contribution in [3.05, 3.63) is 45.6 Å². The van der Waals surface area contributed by atoms with Crippen LogP contribution >= 0.6 is 0 Å². The lowest BCUT2D eigenvalue weighted by molar-refractivity contribution is -0.384. The third-order valence-corrected chi connectivity index (χ3v) is 2.97. The first kappa shape index (κ1) is 16.4. The molecular formula is C14H14N2O7. The van der Waals surface area contributed by atoms with Crippen LogP contribution in [0.1, 0.15) is 19.4 Å². The number of hydrogen-bond acceptors (Lipinski definition) is 8. The summed E-state index contributed by atoms with van der Waals surface area (Å²) in [6.45, 7) is 2.34. The van der Waals surface area contributed by atoms with Gasteiger partial charge in [0.1, 0.15) is 5.69 Å². The lowest BCUT2D eigenvalue weighted by Gasteiger charge is -2.29. The minimum Gasteiger partial charge on any atom is -0.419 e. The van der Waals surface area contributed by atoms with Crippen LogP contribution in [0.2, 0.25) is 0 Å². The van der Waals surface area contributed by atoms with Crippen molar-refractivity contribution in [3.63, 3.8) is 0 Å². The fourth-order valence-electron chi connectivity index (χ4n) is 1.96. The Morgan fingerprint density at radius 2 is 1.91 bits per heavy atom. The first-order valence-corrected chi connectivity index (χ1v) is 6.55. The van der Waals surface area contributed by atoms with Gasteiger partial charge in [-0.1, -0.05) is 12.1 Å². The van der Waals surface area contributed by atoms with Crippen molar-refractivity contribution in [2.75, 3.05) is 5.32 Å². The van der Waals surface area contributed by atoms with Crippen molar-refractivity contribution in [1.82, 2.24) is 0 Å². The maximum atomic E-state index is 11.8. The molecule has 1 aromatic carbocycles. The van der Waals surface area contributed by atoms with Crippen LogP contribution in [-0.2, 0) is 25.7 Å². The SMILES string of the molecule is CC1(C)OC(=O)C(=CNc2c(CO)cccc2[N+](=O)[O-])C(=O)O1. The summed E-state index contributed by atoms with van der Waals surface area (Å²) in [7, 11) is 0. The van der Waals surface area contributed by atoms with Crippen LogP contribution in [0.4, 0.5) is 11.4 Å². The maximum Gasteiger partial charge on any atom is 0.350 e. The van der Waals surface area contributed by atoms with Gasteiger partial charge in [0.15, 0.2) is 5.57 Å². The molecule has 0 saturated carbocycles. The highest BCUT2D eigenvalue weighted by Gasteiger charge is 2.39. The maximum absolute atomic E-state index is 11.8. The largest absolute Gasteiger partial charge is 0.419 e. The molecule has 0 aromatic heterocycles. The zero-order valence-corrected chi connectivity index (χ0v) is 12.4. The van der Waals surface area contributed by atoms with Crippen molar-refractivity contribution < 1.29 is 29.1 Å². The molecule has 2 N–H and O–H groups in total. The Balaban J connectivity index is 2.35. The Bertz CT molecular complexity index is 687. The number of anilines is 1. The number of aliphatic hydroxyl groups excluding tert-OH is 1. The Morgan fingerprint density at radius 3 is 2.43 bits per heavy atom. The van der Waals surface area contributed by atoms with Gasteiger partial charge in [0, 0.05) is 31.7 Å². The molecule has 1 aliphatic heterocycles. The van der Waals surface area contributed by atoms with E-state index in [4.69, 9.17) is 9.47 Å². The van der Waals surface area contributed by atoms with Gasteiger partial charge in [0.05, 0.1) is 11.5 Å². The molecule has 9 heteroatoms. The van der Waals surface area contributed by atoms with E-state index in [-0.39, 0.29) is 16.9 Å². The van der Waals surface area contributed by atoms with Gasteiger partial charge in [-0.25, -0.2) is 9.59 Å².